The van der Waals surface area contributed by atoms with Gasteiger partial charge in [-0.05, 0) is 25.3 Å². The Morgan fingerprint density at radius 1 is 1.35 bits per heavy atom. The summed E-state index contributed by atoms with van der Waals surface area (Å²) in [6.07, 6.45) is 7.84. The van der Waals surface area contributed by atoms with Gasteiger partial charge in [-0.3, -0.25) is 14.4 Å². The third-order valence-corrected chi connectivity index (χ3v) is 4.74. The first-order valence-corrected chi connectivity index (χ1v) is 7.98. The van der Waals surface area contributed by atoms with Gasteiger partial charge in [0.2, 0.25) is 11.9 Å². The minimum absolute atomic E-state index is 0.175. The van der Waals surface area contributed by atoms with E-state index in [0.717, 1.165) is 24.9 Å². The Balaban J connectivity index is 1.82. The summed E-state index contributed by atoms with van der Waals surface area (Å²) >= 11 is 0. The number of amides is 1. The van der Waals surface area contributed by atoms with Crippen LogP contribution in [0.15, 0.2) is 24.7 Å². The number of rotatable bonds is 5. The molecule has 1 aliphatic heterocycles. The molecule has 1 aliphatic rings. The molecule has 3 heterocycles. The number of anilines is 3. The Labute approximate surface area is 135 Å². The van der Waals surface area contributed by atoms with Crippen molar-refractivity contribution in [3.8, 4) is 0 Å². The van der Waals surface area contributed by atoms with E-state index in [1.54, 1.807) is 28.0 Å². The molecule has 1 amide bonds. The predicted molar refractivity (Wildman–Crippen MR) is 88.5 cm³/mol. The number of aromatic nitrogens is 4. The van der Waals surface area contributed by atoms with Crippen molar-refractivity contribution < 1.29 is 4.79 Å². The molecular weight excluding hydrogens is 292 g/mol. The molecule has 23 heavy (non-hydrogen) atoms. The maximum Gasteiger partial charge on any atom is 0.234 e. The maximum atomic E-state index is 12.8. The second-order valence-corrected chi connectivity index (χ2v) is 5.96. The summed E-state index contributed by atoms with van der Waals surface area (Å²) in [5.41, 5.74) is 0.580. The van der Waals surface area contributed by atoms with Crippen LogP contribution in [0, 0.1) is 5.41 Å². The van der Waals surface area contributed by atoms with Crippen molar-refractivity contribution in [3.63, 3.8) is 0 Å². The molecule has 0 aromatic carbocycles. The van der Waals surface area contributed by atoms with E-state index in [-0.39, 0.29) is 11.3 Å². The molecule has 1 saturated heterocycles. The summed E-state index contributed by atoms with van der Waals surface area (Å²) in [4.78, 5) is 23.3. The zero-order valence-electron chi connectivity index (χ0n) is 13.8. The average molecular weight is 314 g/mol. The van der Waals surface area contributed by atoms with E-state index in [2.05, 4.69) is 34.2 Å². The molecule has 0 aliphatic carbocycles. The zero-order valence-corrected chi connectivity index (χ0v) is 13.8. The largest absolute Gasteiger partial charge is 0.321 e. The Hall–Kier alpha value is -2.44. The lowest BCUT2D eigenvalue weighted by Gasteiger charge is -2.24. The molecule has 2 aromatic heterocycles. The molecule has 7 nitrogen and oxygen atoms in total. The van der Waals surface area contributed by atoms with Crippen molar-refractivity contribution in [2.45, 2.75) is 33.1 Å². The summed E-state index contributed by atoms with van der Waals surface area (Å²) < 4.78 is 1.70. The smallest absolute Gasteiger partial charge is 0.234 e. The molecule has 0 spiro atoms. The highest BCUT2D eigenvalue weighted by Crippen LogP contribution is 2.39. The van der Waals surface area contributed by atoms with Crippen LogP contribution in [0.2, 0.25) is 0 Å². The molecule has 7 heteroatoms. The number of nitrogens with one attached hydrogen (secondary N) is 1. The van der Waals surface area contributed by atoms with E-state index in [1.807, 2.05) is 13.2 Å². The number of aryl methyl sites for hydroxylation is 1. The quantitative estimate of drug-likeness (QED) is 0.917. The average Bonchev–Trinajstić information content (AvgIpc) is 3.11. The van der Waals surface area contributed by atoms with Crippen LogP contribution < -0.4 is 10.2 Å². The van der Waals surface area contributed by atoms with Crippen LogP contribution in [0.4, 0.5) is 17.5 Å². The number of carbonyl (C=O) groups is 1. The molecule has 0 atom stereocenters. The van der Waals surface area contributed by atoms with Gasteiger partial charge in [0.25, 0.3) is 0 Å². The van der Waals surface area contributed by atoms with E-state index in [1.165, 1.54) is 0 Å². The van der Waals surface area contributed by atoms with E-state index < -0.39 is 0 Å². The van der Waals surface area contributed by atoms with Gasteiger partial charge in [-0.2, -0.15) is 10.1 Å². The van der Waals surface area contributed by atoms with E-state index in [9.17, 15) is 4.79 Å². The van der Waals surface area contributed by atoms with Crippen molar-refractivity contribution in [1.29, 1.82) is 0 Å². The van der Waals surface area contributed by atoms with Gasteiger partial charge in [-0.25, -0.2) is 4.98 Å². The summed E-state index contributed by atoms with van der Waals surface area (Å²) in [5, 5.41) is 7.21. The van der Waals surface area contributed by atoms with Crippen LogP contribution in [-0.2, 0) is 11.8 Å². The van der Waals surface area contributed by atoms with E-state index in [4.69, 9.17) is 0 Å². The number of carbonyl (C=O) groups excluding carboxylic acids is 1. The lowest BCUT2D eigenvalue weighted by Crippen LogP contribution is -2.34. The molecule has 2 aromatic rings. The predicted octanol–water partition coefficient (Wildman–Crippen LogP) is 2.50. The van der Waals surface area contributed by atoms with Gasteiger partial charge < -0.3 is 5.32 Å². The second-order valence-electron chi connectivity index (χ2n) is 5.96. The lowest BCUT2D eigenvalue weighted by molar-refractivity contribution is -0.125. The maximum absolute atomic E-state index is 12.8. The van der Waals surface area contributed by atoms with Gasteiger partial charge in [0.15, 0.2) is 0 Å². The first kappa shape index (κ1) is 15.5. The number of nitrogens with zero attached hydrogens (tertiary/aromatic N) is 5. The fourth-order valence-electron chi connectivity index (χ4n) is 3.12. The van der Waals surface area contributed by atoms with Crippen molar-refractivity contribution in [1.82, 2.24) is 19.7 Å². The summed E-state index contributed by atoms with van der Waals surface area (Å²) in [6.45, 7) is 4.88. The minimum Gasteiger partial charge on any atom is -0.321 e. The van der Waals surface area contributed by atoms with E-state index >= 15 is 0 Å². The Kier molecular flexibility index (Phi) is 4.02. The van der Waals surface area contributed by atoms with Gasteiger partial charge in [-0.1, -0.05) is 13.8 Å². The summed E-state index contributed by atoms with van der Waals surface area (Å²) in [5.74, 6) is 1.29. The number of hydrogen-bond donors (Lipinski definition) is 1. The van der Waals surface area contributed by atoms with Crippen LogP contribution in [0.25, 0.3) is 0 Å². The second kappa shape index (κ2) is 5.98. The summed E-state index contributed by atoms with van der Waals surface area (Å²) in [7, 11) is 1.85. The first-order valence-electron chi connectivity index (χ1n) is 7.98. The molecule has 0 radical (unpaired) electrons. The summed E-state index contributed by atoms with van der Waals surface area (Å²) in [6, 6.07) is 1.79. The van der Waals surface area contributed by atoms with Crippen LogP contribution >= 0.6 is 0 Å². The monoisotopic (exact) mass is 314 g/mol. The van der Waals surface area contributed by atoms with Gasteiger partial charge in [0.05, 0.1) is 17.3 Å². The van der Waals surface area contributed by atoms with Gasteiger partial charge in [0.1, 0.15) is 5.82 Å². The van der Waals surface area contributed by atoms with Crippen LogP contribution in [0.3, 0.4) is 0 Å². The fourth-order valence-corrected chi connectivity index (χ4v) is 3.12. The lowest BCUT2D eigenvalue weighted by atomic mass is 9.81. The van der Waals surface area contributed by atoms with E-state index in [0.29, 0.717) is 18.3 Å². The molecule has 3 rings (SSSR count). The first-order chi connectivity index (χ1) is 11.1. The van der Waals surface area contributed by atoms with Crippen molar-refractivity contribution >= 4 is 23.4 Å². The highest BCUT2D eigenvalue weighted by Gasteiger charge is 2.44. The van der Waals surface area contributed by atoms with Gasteiger partial charge >= 0.3 is 0 Å². The standard InChI is InChI=1S/C16H22N6O/c1-4-16(5-2)7-9-22(14(16)23)13-6-8-17-15(20-13)19-12-10-18-21(3)11-12/h6,8,10-11H,4-5,7,9H2,1-3H3,(H,17,19,20). The Bertz CT molecular complexity index is 706. The molecule has 1 N–H and O–H groups in total. The molecule has 1 fully saturated rings. The molecule has 0 unspecified atom stereocenters. The third kappa shape index (κ3) is 2.78. The molecular formula is C16H22N6O. The normalized spacial score (nSPS) is 16.8. The SMILES string of the molecule is CCC1(CC)CCN(c2ccnc(Nc3cnn(C)c3)n2)C1=O. The van der Waals surface area contributed by atoms with Crippen molar-refractivity contribution in [2.24, 2.45) is 12.5 Å². The third-order valence-electron chi connectivity index (χ3n) is 4.74. The van der Waals surface area contributed by atoms with Crippen LogP contribution in [0.1, 0.15) is 33.1 Å². The molecule has 0 bridgehead atoms. The van der Waals surface area contributed by atoms with Crippen molar-refractivity contribution in [2.75, 3.05) is 16.8 Å². The van der Waals surface area contributed by atoms with Crippen molar-refractivity contribution in [3.05, 3.63) is 24.7 Å². The van der Waals surface area contributed by atoms with Gasteiger partial charge in [-0.15, -0.1) is 0 Å². The van der Waals surface area contributed by atoms with Gasteiger partial charge in [0, 0.05) is 26.0 Å². The molecule has 0 saturated carbocycles. The number of hydrogen-bond acceptors (Lipinski definition) is 5. The minimum atomic E-state index is -0.234. The topological polar surface area (TPSA) is 75.9 Å². The highest BCUT2D eigenvalue weighted by molar-refractivity contribution is 5.99. The fraction of sp³-hybridized carbons (Fsp3) is 0.500. The van der Waals surface area contributed by atoms with Crippen LogP contribution in [0.5, 0.6) is 0 Å². The van der Waals surface area contributed by atoms with Crippen LogP contribution in [-0.4, -0.2) is 32.2 Å². The Morgan fingerprint density at radius 2 is 2.13 bits per heavy atom. The Morgan fingerprint density at radius 3 is 2.74 bits per heavy atom. The molecule has 122 valence electrons. The zero-order chi connectivity index (χ0) is 16.4. The highest BCUT2D eigenvalue weighted by atomic mass is 16.2.